The average molecular weight is 595 g/mol. The number of nitrogens with two attached hydrogens (primary N) is 1. The first-order chi connectivity index (χ1) is 19.7. The van der Waals surface area contributed by atoms with Gasteiger partial charge in [-0.25, -0.2) is 4.39 Å². The van der Waals surface area contributed by atoms with E-state index >= 15 is 0 Å². The third-order valence-corrected chi connectivity index (χ3v) is 9.58. The Labute approximate surface area is 247 Å². The molecule has 41 heavy (non-hydrogen) atoms. The monoisotopic (exact) mass is 594 g/mol. The first-order valence-electron chi connectivity index (χ1n) is 13.5. The number of pyridine rings is 1. The number of halogens is 2. The number of carbonyl (C=O) groups excluding carboxylic acids is 2. The predicted molar refractivity (Wildman–Crippen MR) is 161 cm³/mol. The molecule has 0 spiro atoms. The van der Waals surface area contributed by atoms with Crippen LogP contribution in [0.5, 0.6) is 5.75 Å². The van der Waals surface area contributed by atoms with Crippen LogP contribution in [0.2, 0.25) is 5.02 Å². The largest absolute Gasteiger partial charge is 0.496 e. The third-order valence-electron chi connectivity index (χ3n) is 7.91. The fraction of sp³-hybridized carbons (Fsp3) is 0.323. The second-order valence-electron chi connectivity index (χ2n) is 10.4. The molecular weight excluding hydrogens is 563 g/mol. The fourth-order valence-electron chi connectivity index (χ4n) is 5.61. The summed E-state index contributed by atoms with van der Waals surface area (Å²) >= 11 is 7.89. The number of hydrogen-bond donors (Lipinski definition) is 2. The van der Waals surface area contributed by atoms with E-state index in [-0.39, 0.29) is 35.0 Å². The normalized spacial score (nSPS) is 17.0. The quantitative estimate of drug-likeness (QED) is 0.248. The zero-order valence-corrected chi connectivity index (χ0v) is 24.7. The molecule has 214 valence electrons. The van der Waals surface area contributed by atoms with Gasteiger partial charge in [-0.1, -0.05) is 23.7 Å². The molecule has 0 aliphatic heterocycles. The van der Waals surface area contributed by atoms with E-state index in [1.54, 1.807) is 31.5 Å². The van der Waals surface area contributed by atoms with Gasteiger partial charge >= 0.3 is 0 Å². The van der Waals surface area contributed by atoms with Crippen molar-refractivity contribution in [3.63, 3.8) is 0 Å². The van der Waals surface area contributed by atoms with E-state index in [2.05, 4.69) is 10.3 Å². The van der Waals surface area contributed by atoms with Gasteiger partial charge in [0.05, 0.1) is 16.8 Å². The van der Waals surface area contributed by atoms with Crippen LogP contribution in [0.25, 0.3) is 21.2 Å². The van der Waals surface area contributed by atoms with Crippen LogP contribution in [0.15, 0.2) is 48.7 Å². The van der Waals surface area contributed by atoms with E-state index < -0.39 is 5.91 Å². The molecule has 2 heterocycles. The summed E-state index contributed by atoms with van der Waals surface area (Å²) < 4.78 is 20.9. The number of amides is 2. The van der Waals surface area contributed by atoms with E-state index in [1.165, 1.54) is 6.07 Å². The third kappa shape index (κ3) is 5.80. The molecule has 2 aromatic heterocycles. The zero-order chi connectivity index (χ0) is 29.3. The van der Waals surface area contributed by atoms with Crippen LogP contribution >= 0.6 is 22.9 Å². The van der Waals surface area contributed by atoms with Gasteiger partial charge in [-0.05, 0) is 86.7 Å². The number of ether oxygens (including phenoxy) is 1. The van der Waals surface area contributed by atoms with E-state index in [0.29, 0.717) is 26.8 Å². The van der Waals surface area contributed by atoms with Crippen LogP contribution in [0, 0.1) is 12.7 Å². The summed E-state index contributed by atoms with van der Waals surface area (Å²) in [5.74, 6) is -0.597. The van der Waals surface area contributed by atoms with Crippen LogP contribution in [0.4, 0.5) is 4.39 Å². The number of benzene rings is 2. The summed E-state index contributed by atoms with van der Waals surface area (Å²) in [5.41, 5.74) is 8.83. The number of thiophene rings is 1. The van der Waals surface area contributed by atoms with Crippen molar-refractivity contribution in [2.24, 2.45) is 5.73 Å². The van der Waals surface area contributed by atoms with Gasteiger partial charge < -0.3 is 20.7 Å². The lowest BCUT2D eigenvalue weighted by atomic mass is 9.89. The van der Waals surface area contributed by atoms with Gasteiger partial charge in [0.25, 0.3) is 11.8 Å². The Bertz CT molecular complexity index is 1620. The average Bonchev–Trinajstić information content (AvgIpc) is 3.35. The fourth-order valence-corrected chi connectivity index (χ4v) is 7.24. The highest BCUT2D eigenvalue weighted by molar-refractivity contribution is 7.21. The molecule has 0 saturated heterocycles. The molecule has 1 fully saturated rings. The summed E-state index contributed by atoms with van der Waals surface area (Å²) in [6.45, 7) is 2.13. The molecule has 0 atom stereocenters. The molecule has 3 N–H and O–H groups in total. The van der Waals surface area contributed by atoms with E-state index in [9.17, 15) is 14.0 Å². The lowest BCUT2D eigenvalue weighted by Gasteiger charge is -2.37. The summed E-state index contributed by atoms with van der Waals surface area (Å²) in [4.78, 5) is 32.3. The molecule has 5 rings (SSSR count). The number of aryl methyl sites for hydroxylation is 1. The Morgan fingerprint density at radius 1 is 1.15 bits per heavy atom. The Kier molecular flexibility index (Phi) is 8.58. The number of nitrogens with zero attached hydrogens (tertiary/aromatic N) is 2. The number of nitrogens with one attached hydrogen (secondary N) is 1. The molecule has 1 aliphatic carbocycles. The smallest absolute Gasteiger partial charge is 0.267 e. The van der Waals surface area contributed by atoms with Crippen molar-refractivity contribution in [1.29, 1.82) is 0 Å². The molecule has 7 nitrogen and oxygen atoms in total. The molecule has 0 bridgehead atoms. The number of primary amides is 1. The molecule has 1 saturated carbocycles. The maximum atomic E-state index is 14.8. The van der Waals surface area contributed by atoms with Crippen LogP contribution in [0.3, 0.4) is 0 Å². The zero-order valence-electron chi connectivity index (χ0n) is 23.2. The van der Waals surface area contributed by atoms with Gasteiger partial charge in [0.1, 0.15) is 22.1 Å². The second kappa shape index (κ2) is 12.1. The number of fused-ring (bicyclic) bond motifs is 1. The van der Waals surface area contributed by atoms with Crippen molar-refractivity contribution >= 4 is 44.8 Å². The minimum absolute atomic E-state index is 0.0323. The summed E-state index contributed by atoms with van der Waals surface area (Å²) in [6, 6.07) is 12.6. The van der Waals surface area contributed by atoms with E-state index in [4.69, 9.17) is 22.1 Å². The highest BCUT2D eigenvalue weighted by atomic mass is 35.5. The lowest BCUT2D eigenvalue weighted by molar-refractivity contribution is 0.0604. The maximum absolute atomic E-state index is 14.8. The Balaban J connectivity index is 1.56. The minimum atomic E-state index is -0.610. The van der Waals surface area contributed by atoms with E-state index in [1.807, 2.05) is 37.1 Å². The highest BCUT2D eigenvalue weighted by Crippen LogP contribution is 2.41. The summed E-state index contributed by atoms with van der Waals surface area (Å²) in [6.07, 6.45) is 5.05. The molecule has 0 unspecified atom stereocenters. The van der Waals surface area contributed by atoms with Crippen molar-refractivity contribution in [2.45, 2.75) is 51.2 Å². The molecule has 0 radical (unpaired) electrons. The SMILES string of the molecule is CN[C@H]1CC[C@H](N(Cc2cc(-c3ccnc(C(N)=O)c3)ccc2OC)C(=O)c2sc3c(F)ccc(C)c3c2Cl)CC1. The van der Waals surface area contributed by atoms with Gasteiger partial charge in [-0.15, -0.1) is 11.3 Å². The Morgan fingerprint density at radius 3 is 2.54 bits per heavy atom. The molecule has 2 amide bonds. The lowest BCUT2D eigenvalue weighted by Crippen LogP contribution is -2.44. The Hall–Kier alpha value is -3.53. The molecule has 2 aromatic carbocycles. The number of methoxy groups -OCH3 is 1. The Morgan fingerprint density at radius 2 is 1.88 bits per heavy atom. The standard InChI is InChI=1S/C31H32ClFN4O3S/c1-17-4-10-23(33)28-26(17)27(32)29(41-28)31(39)37(22-8-6-21(35-2)7-9-22)16-20-14-18(5-11-25(20)40-3)19-12-13-36-24(15-19)30(34)38/h4-5,10-15,21-22,35H,6-9,16H2,1-3H3,(H2,34,38)/t21-,22-. The van der Waals surface area contributed by atoms with Gasteiger partial charge in [-0.2, -0.15) is 0 Å². The van der Waals surface area contributed by atoms with Gasteiger partial charge in [0, 0.05) is 35.8 Å². The first-order valence-corrected chi connectivity index (χ1v) is 14.7. The topological polar surface area (TPSA) is 97.6 Å². The first kappa shape index (κ1) is 29.0. The van der Waals surface area contributed by atoms with Crippen molar-refractivity contribution < 1.29 is 18.7 Å². The van der Waals surface area contributed by atoms with Gasteiger partial charge in [-0.3, -0.25) is 14.6 Å². The van der Waals surface area contributed by atoms with Crippen molar-refractivity contribution in [3.05, 3.63) is 81.2 Å². The number of rotatable bonds is 8. The van der Waals surface area contributed by atoms with Crippen LogP contribution in [-0.4, -0.2) is 47.9 Å². The van der Waals surface area contributed by atoms with Gasteiger partial charge in [0.2, 0.25) is 0 Å². The van der Waals surface area contributed by atoms with E-state index in [0.717, 1.165) is 59.3 Å². The van der Waals surface area contributed by atoms with Crippen molar-refractivity contribution in [1.82, 2.24) is 15.2 Å². The van der Waals surface area contributed by atoms with Crippen LogP contribution < -0.4 is 15.8 Å². The molecule has 10 heteroatoms. The number of hydrogen-bond acceptors (Lipinski definition) is 6. The van der Waals surface area contributed by atoms with Crippen molar-refractivity contribution in [2.75, 3.05) is 14.2 Å². The van der Waals surface area contributed by atoms with Gasteiger partial charge in [0.15, 0.2) is 0 Å². The number of aromatic nitrogens is 1. The second-order valence-corrected chi connectivity index (χ2v) is 11.8. The minimum Gasteiger partial charge on any atom is -0.496 e. The van der Waals surface area contributed by atoms with Crippen LogP contribution in [0.1, 0.15) is 57.0 Å². The molecule has 4 aromatic rings. The molecule has 1 aliphatic rings. The number of carbonyl (C=O) groups is 2. The van der Waals surface area contributed by atoms with Crippen molar-refractivity contribution in [3.8, 4) is 16.9 Å². The maximum Gasteiger partial charge on any atom is 0.267 e. The highest BCUT2D eigenvalue weighted by Gasteiger charge is 2.32. The molecular formula is C31H32ClFN4O3S. The van der Waals surface area contributed by atoms with Crippen LogP contribution in [-0.2, 0) is 6.54 Å². The summed E-state index contributed by atoms with van der Waals surface area (Å²) in [5, 5.41) is 4.22. The summed E-state index contributed by atoms with van der Waals surface area (Å²) in [7, 11) is 3.55. The predicted octanol–water partition coefficient (Wildman–Crippen LogP) is 6.34.